The van der Waals surface area contributed by atoms with Crippen molar-refractivity contribution in [2.75, 3.05) is 19.8 Å². The molecule has 0 N–H and O–H groups in total. The number of ether oxygens (including phenoxy) is 3. The molecule has 1 aliphatic heterocycles. The summed E-state index contributed by atoms with van der Waals surface area (Å²) < 4.78 is 17.5. The van der Waals surface area contributed by atoms with Crippen molar-refractivity contribution in [2.24, 2.45) is 0 Å². The quantitative estimate of drug-likeness (QED) is 0.541. The molecule has 1 amide bonds. The zero-order chi connectivity index (χ0) is 22.5. The van der Waals surface area contributed by atoms with Gasteiger partial charge in [0.2, 0.25) is 0 Å². The van der Waals surface area contributed by atoms with Crippen LogP contribution in [0.25, 0.3) is 0 Å². The van der Waals surface area contributed by atoms with Crippen molar-refractivity contribution in [3.8, 4) is 17.2 Å². The number of pyridine rings is 1. The predicted octanol–water partition coefficient (Wildman–Crippen LogP) is 4.71. The Morgan fingerprint density at radius 3 is 2.59 bits per heavy atom. The van der Waals surface area contributed by atoms with Crippen molar-refractivity contribution >= 4 is 5.91 Å². The number of aromatic nitrogens is 1. The van der Waals surface area contributed by atoms with Gasteiger partial charge in [-0.25, -0.2) is 0 Å². The number of fused-ring (bicyclic) bond motifs is 1. The fraction of sp³-hybridized carbons (Fsp3) is 0.308. The lowest BCUT2D eigenvalue weighted by molar-refractivity contribution is 0.0749. The first-order valence-electron chi connectivity index (χ1n) is 10.9. The molecule has 0 fully saturated rings. The molecule has 4 rings (SSSR count). The molecular weight excluding hydrogens is 404 g/mol. The first-order valence-corrected chi connectivity index (χ1v) is 10.9. The van der Waals surface area contributed by atoms with Crippen LogP contribution in [0.15, 0.2) is 54.9 Å². The van der Waals surface area contributed by atoms with Gasteiger partial charge in [0.05, 0.1) is 0 Å². The van der Waals surface area contributed by atoms with Gasteiger partial charge in [0.1, 0.15) is 25.6 Å². The van der Waals surface area contributed by atoms with Crippen LogP contribution in [0.2, 0.25) is 0 Å². The van der Waals surface area contributed by atoms with Gasteiger partial charge in [-0.3, -0.25) is 9.78 Å². The molecule has 1 aliphatic rings. The molecule has 0 saturated carbocycles. The lowest BCUT2D eigenvalue weighted by atomic mass is 10.0. The standard InChI is InChI=1S/C26H28N2O4/c1-4-28(16-21-8-5-9-23-25(21)31-12-11-30-23)26(29)22-13-18(2)24(19(3)14-22)32-17-20-7-6-10-27-15-20/h5-10,13-15H,4,11-12,16-17H2,1-3H3. The molecule has 0 unspecified atom stereocenters. The summed E-state index contributed by atoms with van der Waals surface area (Å²) in [5, 5.41) is 0. The van der Waals surface area contributed by atoms with Gasteiger partial charge < -0.3 is 19.1 Å². The Morgan fingerprint density at radius 1 is 1.09 bits per heavy atom. The van der Waals surface area contributed by atoms with Crippen molar-refractivity contribution in [3.05, 3.63) is 82.7 Å². The molecular formula is C26H28N2O4. The van der Waals surface area contributed by atoms with Crippen LogP contribution >= 0.6 is 0 Å². The van der Waals surface area contributed by atoms with Crippen molar-refractivity contribution < 1.29 is 19.0 Å². The molecule has 2 aromatic carbocycles. The number of hydrogen-bond acceptors (Lipinski definition) is 5. The summed E-state index contributed by atoms with van der Waals surface area (Å²) in [6.45, 7) is 8.46. The number of carbonyl (C=O) groups excluding carboxylic acids is 1. The van der Waals surface area contributed by atoms with E-state index in [0.717, 1.165) is 39.5 Å². The number of amides is 1. The van der Waals surface area contributed by atoms with Crippen molar-refractivity contribution in [2.45, 2.75) is 33.9 Å². The van der Waals surface area contributed by atoms with E-state index < -0.39 is 0 Å². The van der Waals surface area contributed by atoms with E-state index in [1.807, 2.05) is 68.1 Å². The van der Waals surface area contributed by atoms with E-state index in [2.05, 4.69) is 4.98 Å². The lowest BCUT2D eigenvalue weighted by Crippen LogP contribution is -2.31. The average molecular weight is 433 g/mol. The molecule has 32 heavy (non-hydrogen) atoms. The normalized spacial score (nSPS) is 12.3. The molecule has 0 bridgehead atoms. The van der Waals surface area contributed by atoms with Crippen LogP contribution in [0.4, 0.5) is 0 Å². The molecule has 3 aromatic rings. The Bertz CT molecular complexity index is 1080. The maximum atomic E-state index is 13.3. The van der Waals surface area contributed by atoms with Crippen LogP contribution in [0.1, 0.15) is 39.5 Å². The highest BCUT2D eigenvalue weighted by atomic mass is 16.6. The second-order valence-electron chi connectivity index (χ2n) is 7.85. The van der Waals surface area contributed by atoms with Crippen LogP contribution in [-0.2, 0) is 13.2 Å². The molecule has 0 radical (unpaired) electrons. The first kappa shape index (κ1) is 21.7. The van der Waals surface area contributed by atoms with Gasteiger partial charge >= 0.3 is 0 Å². The summed E-state index contributed by atoms with van der Waals surface area (Å²) >= 11 is 0. The summed E-state index contributed by atoms with van der Waals surface area (Å²) in [5.41, 5.74) is 4.46. The second kappa shape index (κ2) is 9.73. The van der Waals surface area contributed by atoms with E-state index in [4.69, 9.17) is 14.2 Å². The SMILES string of the molecule is CCN(Cc1cccc2c1OCCO2)C(=O)c1cc(C)c(OCc2cccnc2)c(C)c1. The number of aryl methyl sites for hydroxylation is 2. The molecule has 6 heteroatoms. The van der Waals surface area contributed by atoms with Gasteiger partial charge in [-0.2, -0.15) is 0 Å². The van der Waals surface area contributed by atoms with Gasteiger partial charge in [0, 0.05) is 42.2 Å². The van der Waals surface area contributed by atoms with E-state index in [-0.39, 0.29) is 5.91 Å². The second-order valence-corrected chi connectivity index (χ2v) is 7.85. The minimum absolute atomic E-state index is 0.0214. The number of para-hydroxylation sites is 1. The van der Waals surface area contributed by atoms with Crippen LogP contribution < -0.4 is 14.2 Å². The summed E-state index contributed by atoms with van der Waals surface area (Å²) in [5.74, 6) is 2.25. The molecule has 0 saturated heterocycles. The van der Waals surface area contributed by atoms with E-state index in [0.29, 0.717) is 38.5 Å². The fourth-order valence-corrected chi connectivity index (χ4v) is 3.91. The Labute approximate surface area is 188 Å². The summed E-state index contributed by atoms with van der Waals surface area (Å²) in [7, 11) is 0. The zero-order valence-corrected chi connectivity index (χ0v) is 18.8. The molecule has 2 heterocycles. The number of nitrogens with zero attached hydrogens (tertiary/aromatic N) is 2. The van der Waals surface area contributed by atoms with Gasteiger partial charge in [-0.05, 0) is 56.2 Å². The third-order valence-electron chi connectivity index (χ3n) is 5.49. The summed E-state index contributed by atoms with van der Waals surface area (Å²) in [4.78, 5) is 19.3. The zero-order valence-electron chi connectivity index (χ0n) is 18.8. The third-order valence-corrected chi connectivity index (χ3v) is 5.49. The van der Waals surface area contributed by atoms with Crippen LogP contribution in [-0.4, -0.2) is 35.5 Å². The lowest BCUT2D eigenvalue weighted by Gasteiger charge is -2.26. The Balaban J connectivity index is 1.51. The molecule has 0 spiro atoms. The van der Waals surface area contributed by atoms with Crippen molar-refractivity contribution in [3.63, 3.8) is 0 Å². The Hall–Kier alpha value is -3.54. The Kier molecular flexibility index (Phi) is 6.59. The van der Waals surface area contributed by atoms with Crippen molar-refractivity contribution in [1.82, 2.24) is 9.88 Å². The molecule has 0 atom stereocenters. The van der Waals surface area contributed by atoms with Gasteiger partial charge in [0.15, 0.2) is 11.5 Å². The molecule has 6 nitrogen and oxygen atoms in total. The molecule has 0 aliphatic carbocycles. The van der Waals surface area contributed by atoms with Gasteiger partial charge in [0.25, 0.3) is 5.91 Å². The highest BCUT2D eigenvalue weighted by molar-refractivity contribution is 5.95. The van der Waals surface area contributed by atoms with Gasteiger partial charge in [-0.1, -0.05) is 18.2 Å². The maximum absolute atomic E-state index is 13.3. The van der Waals surface area contributed by atoms with Crippen LogP contribution in [0.5, 0.6) is 17.2 Å². The predicted molar refractivity (Wildman–Crippen MR) is 122 cm³/mol. The van der Waals surface area contributed by atoms with E-state index in [1.54, 1.807) is 12.4 Å². The highest BCUT2D eigenvalue weighted by Crippen LogP contribution is 2.34. The summed E-state index contributed by atoms with van der Waals surface area (Å²) in [6, 6.07) is 13.5. The summed E-state index contributed by atoms with van der Waals surface area (Å²) in [6.07, 6.45) is 3.53. The maximum Gasteiger partial charge on any atom is 0.254 e. The Morgan fingerprint density at radius 2 is 1.88 bits per heavy atom. The van der Waals surface area contributed by atoms with Crippen molar-refractivity contribution in [1.29, 1.82) is 0 Å². The topological polar surface area (TPSA) is 60.9 Å². The van der Waals surface area contributed by atoms with Crippen LogP contribution in [0.3, 0.4) is 0 Å². The van der Waals surface area contributed by atoms with Gasteiger partial charge in [-0.15, -0.1) is 0 Å². The highest BCUT2D eigenvalue weighted by Gasteiger charge is 2.21. The van der Waals surface area contributed by atoms with E-state index in [1.165, 1.54) is 0 Å². The average Bonchev–Trinajstić information content (AvgIpc) is 2.82. The monoisotopic (exact) mass is 432 g/mol. The number of hydrogen-bond donors (Lipinski definition) is 0. The fourth-order valence-electron chi connectivity index (χ4n) is 3.91. The van der Waals surface area contributed by atoms with E-state index in [9.17, 15) is 4.79 Å². The number of rotatable bonds is 7. The smallest absolute Gasteiger partial charge is 0.254 e. The molecule has 166 valence electrons. The third kappa shape index (κ3) is 4.69. The minimum Gasteiger partial charge on any atom is -0.488 e. The number of benzene rings is 2. The number of carbonyl (C=O) groups is 1. The largest absolute Gasteiger partial charge is 0.488 e. The van der Waals surface area contributed by atoms with E-state index >= 15 is 0 Å². The molecule has 1 aromatic heterocycles. The first-order chi connectivity index (χ1) is 15.6. The van der Waals surface area contributed by atoms with Crippen LogP contribution in [0, 0.1) is 13.8 Å². The minimum atomic E-state index is -0.0214.